The van der Waals surface area contributed by atoms with E-state index >= 15 is 0 Å². The lowest BCUT2D eigenvalue weighted by Gasteiger charge is -2.01. The Morgan fingerprint density at radius 1 is 1.77 bits per heavy atom. The maximum absolute atomic E-state index is 10.9. The van der Waals surface area contributed by atoms with Crippen molar-refractivity contribution in [3.05, 3.63) is 22.2 Å². The van der Waals surface area contributed by atoms with E-state index in [1.807, 2.05) is 0 Å². The van der Waals surface area contributed by atoms with Gasteiger partial charge in [-0.05, 0) is 6.92 Å². The number of nitrogens with one attached hydrogen (secondary N) is 2. The summed E-state index contributed by atoms with van der Waals surface area (Å²) in [5.41, 5.74) is -0.305. The van der Waals surface area contributed by atoms with Crippen LogP contribution in [0.5, 0.6) is 0 Å². The van der Waals surface area contributed by atoms with Gasteiger partial charge in [-0.1, -0.05) is 0 Å². The van der Waals surface area contributed by atoms with Crippen molar-refractivity contribution in [3.8, 4) is 0 Å². The van der Waals surface area contributed by atoms with Gasteiger partial charge in [0.1, 0.15) is 18.2 Å². The highest BCUT2D eigenvalue weighted by Crippen LogP contribution is 1.96. The fourth-order valence-electron chi connectivity index (χ4n) is 0.836. The number of carbonyl (C=O) groups is 1. The number of aryl methyl sites for hydroxylation is 1. The number of rotatable bonds is 3. The smallest absolute Gasteiger partial charge is 0.322 e. The van der Waals surface area contributed by atoms with Gasteiger partial charge in [0.15, 0.2) is 0 Å². The summed E-state index contributed by atoms with van der Waals surface area (Å²) in [6, 6.07) is 1.20. The van der Waals surface area contributed by atoms with Gasteiger partial charge in [0, 0.05) is 6.07 Å². The second kappa shape index (κ2) is 3.70. The van der Waals surface area contributed by atoms with Crippen molar-refractivity contribution in [1.29, 1.82) is 0 Å². The van der Waals surface area contributed by atoms with Crippen LogP contribution < -0.4 is 10.9 Å². The van der Waals surface area contributed by atoms with Crippen molar-refractivity contribution in [3.63, 3.8) is 0 Å². The molecule has 0 atom stereocenters. The first-order valence-electron chi connectivity index (χ1n) is 3.61. The molecule has 0 unspecified atom stereocenters. The van der Waals surface area contributed by atoms with Crippen LogP contribution >= 0.6 is 0 Å². The molecular formula is C7H9N3O3. The van der Waals surface area contributed by atoms with Gasteiger partial charge in [0.05, 0.1) is 0 Å². The fourth-order valence-corrected chi connectivity index (χ4v) is 0.836. The standard InChI is InChI=1S/C7H9N3O3/c1-4-9-5(2-6(11)10-4)8-3-7(12)13/h2H,3H2,1H3,(H,12,13)(H2,8,9,10,11). The molecule has 0 radical (unpaired) electrons. The van der Waals surface area contributed by atoms with E-state index in [-0.39, 0.29) is 17.9 Å². The highest BCUT2D eigenvalue weighted by atomic mass is 16.4. The van der Waals surface area contributed by atoms with Crippen LogP contribution in [0, 0.1) is 6.92 Å². The number of aromatic nitrogens is 2. The van der Waals surface area contributed by atoms with Crippen molar-refractivity contribution in [1.82, 2.24) is 9.97 Å². The number of aliphatic carboxylic acids is 1. The predicted octanol–water partition coefficient (Wildman–Crippen LogP) is -0.425. The van der Waals surface area contributed by atoms with Crippen molar-refractivity contribution < 1.29 is 9.90 Å². The zero-order valence-corrected chi connectivity index (χ0v) is 7.00. The molecule has 0 bridgehead atoms. The third-order valence-electron chi connectivity index (χ3n) is 1.28. The van der Waals surface area contributed by atoms with Gasteiger partial charge in [-0.3, -0.25) is 9.59 Å². The molecule has 0 aliphatic heterocycles. The SMILES string of the molecule is Cc1nc(NCC(=O)O)cc(=O)[nH]1. The highest BCUT2D eigenvalue weighted by Gasteiger charge is 1.99. The van der Waals surface area contributed by atoms with Gasteiger partial charge in [-0.2, -0.15) is 0 Å². The normalized spacial score (nSPS) is 9.62. The first-order chi connectivity index (χ1) is 6.08. The molecule has 3 N–H and O–H groups in total. The van der Waals surface area contributed by atoms with Gasteiger partial charge < -0.3 is 15.4 Å². The van der Waals surface area contributed by atoms with Crippen LogP contribution in [0.2, 0.25) is 0 Å². The molecule has 0 saturated heterocycles. The van der Waals surface area contributed by atoms with Crippen LogP contribution in [0.1, 0.15) is 5.82 Å². The van der Waals surface area contributed by atoms with Gasteiger partial charge in [-0.25, -0.2) is 4.98 Å². The van der Waals surface area contributed by atoms with Crippen LogP contribution in [-0.4, -0.2) is 27.6 Å². The number of H-pyrrole nitrogens is 1. The molecule has 0 aliphatic rings. The van der Waals surface area contributed by atoms with Crippen molar-refractivity contribution >= 4 is 11.8 Å². The molecule has 0 amide bonds. The molecule has 0 spiro atoms. The summed E-state index contributed by atoms with van der Waals surface area (Å²) >= 11 is 0. The second-order valence-electron chi connectivity index (χ2n) is 2.46. The number of carboxylic acids is 1. The number of anilines is 1. The number of aromatic amines is 1. The summed E-state index contributed by atoms with van der Waals surface area (Å²) in [5.74, 6) is -0.288. The molecule has 1 aromatic rings. The molecular weight excluding hydrogens is 174 g/mol. The molecule has 1 aromatic heterocycles. The lowest BCUT2D eigenvalue weighted by Crippen LogP contribution is -2.16. The molecule has 0 aromatic carbocycles. The first-order valence-corrected chi connectivity index (χ1v) is 3.61. The van der Waals surface area contributed by atoms with Crippen molar-refractivity contribution in [2.45, 2.75) is 6.92 Å². The van der Waals surface area contributed by atoms with Gasteiger partial charge >= 0.3 is 5.97 Å². The molecule has 0 saturated carbocycles. The lowest BCUT2D eigenvalue weighted by molar-refractivity contribution is -0.134. The minimum Gasteiger partial charge on any atom is -0.480 e. The summed E-state index contributed by atoms with van der Waals surface area (Å²) in [6.45, 7) is 1.36. The molecule has 1 rings (SSSR count). The van der Waals surface area contributed by atoms with E-state index in [4.69, 9.17) is 5.11 Å². The summed E-state index contributed by atoms with van der Waals surface area (Å²) in [7, 11) is 0. The largest absolute Gasteiger partial charge is 0.480 e. The average Bonchev–Trinajstić information content (AvgIpc) is 1.99. The number of nitrogens with zero attached hydrogens (tertiary/aromatic N) is 1. The zero-order chi connectivity index (χ0) is 9.84. The van der Waals surface area contributed by atoms with E-state index in [0.29, 0.717) is 5.82 Å². The van der Waals surface area contributed by atoms with E-state index in [9.17, 15) is 9.59 Å². The van der Waals surface area contributed by atoms with Crippen molar-refractivity contribution in [2.75, 3.05) is 11.9 Å². The monoisotopic (exact) mass is 183 g/mol. The zero-order valence-electron chi connectivity index (χ0n) is 7.00. The third-order valence-corrected chi connectivity index (χ3v) is 1.28. The van der Waals surface area contributed by atoms with Crippen molar-refractivity contribution in [2.24, 2.45) is 0 Å². The highest BCUT2D eigenvalue weighted by molar-refractivity contribution is 5.72. The number of hydrogen-bond acceptors (Lipinski definition) is 4. The van der Waals surface area contributed by atoms with E-state index in [2.05, 4.69) is 15.3 Å². The summed E-state index contributed by atoms with van der Waals surface area (Å²) in [4.78, 5) is 27.4. The van der Waals surface area contributed by atoms with E-state index in [1.165, 1.54) is 6.07 Å². The Morgan fingerprint density at radius 2 is 2.46 bits per heavy atom. The minimum absolute atomic E-state index is 0.254. The molecule has 0 aliphatic carbocycles. The number of hydrogen-bond donors (Lipinski definition) is 3. The Labute approximate surface area is 73.6 Å². The Kier molecular flexibility index (Phi) is 2.63. The van der Waals surface area contributed by atoms with E-state index in [0.717, 1.165) is 0 Å². The lowest BCUT2D eigenvalue weighted by atomic mass is 10.5. The Balaban J connectivity index is 2.77. The Hall–Kier alpha value is -1.85. The molecule has 1 heterocycles. The average molecular weight is 183 g/mol. The quantitative estimate of drug-likeness (QED) is 0.591. The Bertz CT molecular complexity index is 371. The van der Waals surface area contributed by atoms with Gasteiger partial charge in [-0.15, -0.1) is 0 Å². The molecule has 0 fully saturated rings. The van der Waals surface area contributed by atoms with Crippen LogP contribution in [0.15, 0.2) is 10.9 Å². The maximum atomic E-state index is 10.9. The maximum Gasteiger partial charge on any atom is 0.322 e. The molecule has 70 valence electrons. The van der Waals surface area contributed by atoms with E-state index < -0.39 is 5.97 Å². The van der Waals surface area contributed by atoms with Crippen LogP contribution in [0.4, 0.5) is 5.82 Å². The predicted molar refractivity (Wildman–Crippen MR) is 45.7 cm³/mol. The number of carboxylic acid groups (broad SMARTS) is 1. The molecule has 6 heteroatoms. The second-order valence-corrected chi connectivity index (χ2v) is 2.46. The Morgan fingerprint density at radius 3 is 3.00 bits per heavy atom. The topological polar surface area (TPSA) is 95.1 Å². The van der Waals surface area contributed by atoms with Gasteiger partial charge in [0.2, 0.25) is 0 Å². The van der Waals surface area contributed by atoms with Crippen LogP contribution in [0.25, 0.3) is 0 Å². The first kappa shape index (κ1) is 9.24. The fraction of sp³-hybridized carbons (Fsp3) is 0.286. The van der Waals surface area contributed by atoms with Gasteiger partial charge in [0.25, 0.3) is 5.56 Å². The molecule has 13 heavy (non-hydrogen) atoms. The third kappa shape index (κ3) is 2.94. The molecule has 6 nitrogen and oxygen atoms in total. The minimum atomic E-state index is -1.00. The summed E-state index contributed by atoms with van der Waals surface area (Å²) in [6.07, 6.45) is 0. The van der Waals surface area contributed by atoms with E-state index in [1.54, 1.807) is 6.92 Å². The summed E-state index contributed by atoms with van der Waals surface area (Å²) < 4.78 is 0. The van der Waals surface area contributed by atoms with Crippen LogP contribution in [-0.2, 0) is 4.79 Å². The van der Waals surface area contributed by atoms with Crippen LogP contribution in [0.3, 0.4) is 0 Å². The summed E-state index contributed by atoms with van der Waals surface area (Å²) in [5, 5.41) is 10.8.